The van der Waals surface area contributed by atoms with E-state index in [4.69, 9.17) is 5.73 Å². The van der Waals surface area contributed by atoms with E-state index in [0.717, 1.165) is 24.5 Å². The van der Waals surface area contributed by atoms with Gasteiger partial charge >= 0.3 is 0 Å². The summed E-state index contributed by atoms with van der Waals surface area (Å²) >= 11 is 0. The minimum atomic E-state index is 0.543. The van der Waals surface area contributed by atoms with Crippen molar-refractivity contribution in [2.75, 3.05) is 18.0 Å². The molecule has 0 amide bonds. The van der Waals surface area contributed by atoms with Crippen molar-refractivity contribution in [3.63, 3.8) is 0 Å². The fourth-order valence-electron chi connectivity index (χ4n) is 2.06. The van der Waals surface area contributed by atoms with E-state index in [2.05, 4.69) is 15.1 Å². The van der Waals surface area contributed by atoms with Crippen LogP contribution in [0.25, 0.3) is 0 Å². The van der Waals surface area contributed by atoms with Gasteiger partial charge in [0.25, 0.3) is 0 Å². The first kappa shape index (κ1) is 10.4. The Morgan fingerprint density at radius 2 is 1.93 bits per heavy atom. The highest BCUT2D eigenvalue weighted by Crippen LogP contribution is 2.19. The molecule has 0 bridgehead atoms. The molecule has 4 heteroatoms. The highest BCUT2D eigenvalue weighted by molar-refractivity contribution is 5.45. The quantitative estimate of drug-likeness (QED) is 0.792. The summed E-state index contributed by atoms with van der Waals surface area (Å²) in [5.41, 5.74) is 6.81. The monoisotopic (exact) mass is 206 g/mol. The van der Waals surface area contributed by atoms with E-state index in [1.54, 1.807) is 6.20 Å². The van der Waals surface area contributed by atoms with E-state index in [1.165, 1.54) is 25.7 Å². The fourth-order valence-corrected chi connectivity index (χ4v) is 2.06. The number of hydrogen-bond acceptors (Lipinski definition) is 4. The molecule has 0 atom stereocenters. The lowest BCUT2D eigenvalue weighted by molar-refractivity contribution is 0.726. The molecule has 1 fully saturated rings. The van der Waals surface area contributed by atoms with Crippen molar-refractivity contribution in [3.05, 3.63) is 17.8 Å². The summed E-state index contributed by atoms with van der Waals surface area (Å²) in [6, 6.07) is 1.97. The maximum atomic E-state index is 5.70. The lowest BCUT2D eigenvalue weighted by Gasteiger charge is -2.22. The van der Waals surface area contributed by atoms with Gasteiger partial charge in [-0.25, -0.2) is 0 Å². The van der Waals surface area contributed by atoms with Gasteiger partial charge in [-0.15, -0.1) is 5.10 Å². The summed E-state index contributed by atoms with van der Waals surface area (Å²) < 4.78 is 0. The van der Waals surface area contributed by atoms with E-state index in [1.807, 2.05) is 6.07 Å². The lowest BCUT2D eigenvalue weighted by Crippen LogP contribution is -2.27. The summed E-state index contributed by atoms with van der Waals surface area (Å²) in [5.74, 6) is 0.988. The van der Waals surface area contributed by atoms with Crippen LogP contribution in [0.5, 0.6) is 0 Å². The Morgan fingerprint density at radius 3 is 2.60 bits per heavy atom. The van der Waals surface area contributed by atoms with Crippen LogP contribution in [0.3, 0.4) is 0 Å². The molecule has 4 nitrogen and oxygen atoms in total. The number of nitrogens with zero attached hydrogens (tertiary/aromatic N) is 3. The first-order chi connectivity index (χ1) is 7.42. The molecule has 15 heavy (non-hydrogen) atoms. The van der Waals surface area contributed by atoms with E-state index >= 15 is 0 Å². The van der Waals surface area contributed by atoms with Crippen molar-refractivity contribution < 1.29 is 0 Å². The molecule has 1 aromatic heterocycles. The van der Waals surface area contributed by atoms with Crippen LogP contribution in [0, 0.1) is 0 Å². The van der Waals surface area contributed by atoms with Crippen LogP contribution in [0.1, 0.15) is 31.2 Å². The van der Waals surface area contributed by atoms with Gasteiger partial charge in [0.2, 0.25) is 0 Å². The third-order valence-electron chi connectivity index (χ3n) is 2.91. The highest BCUT2D eigenvalue weighted by Gasteiger charge is 2.14. The Balaban J connectivity index is 2.18. The van der Waals surface area contributed by atoms with Gasteiger partial charge in [0.05, 0.1) is 6.20 Å². The smallest absolute Gasteiger partial charge is 0.155 e. The van der Waals surface area contributed by atoms with E-state index in [-0.39, 0.29) is 0 Å². The van der Waals surface area contributed by atoms with Gasteiger partial charge in [-0.3, -0.25) is 0 Å². The molecule has 0 aliphatic carbocycles. The molecular formula is C11H18N4. The van der Waals surface area contributed by atoms with Crippen LogP contribution in [-0.2, 0) is 6.54 Å². The van der Waals surface area contributed by atoms with Gasteiger partial charge in [-0.1, -0.05) is 12.8 Å². The van der Waals surface area contributed by atoms with E-state index in [0.29, 0.717) is 6.54 Å². The summed E-state index contributed by atoms with van der Waals surface area (Å²) in [5, 5.41) is 8.16. The van der Waals surface area contributed by atoms with Gasteiger partial charge in [0.1, 0.15) is 0 Å². The summed E-state index contributed by atoms with van der Waals surface area (Å²) in [6.45, 7) is 2.72. The zero-order chi connectivity index (χ0) is 10.5. The number of hydrogen-bond donors (Lipinski definition) is 1. The Hall–Kier alpha value is -1.16. The molecule has 0 saturated carbocycles. The van der Waals surface area contributed by atoms with Crippen molar-refractivity contribution in [1.82, 2.24) is 10.2 Å². The third-order valence-corrected chi connectivity index (χ3v) is 2.91. The van der Waals surface area contributed by atoms with E-state index in [9.17, 15) is 0 Å². The molecule has 82 valence electrons. The van der Waals surface area contributed by atoms with E-state index < -0.39 is 0 Å². The lowest BCUT2D eigenvalue weighted by atomic mass is 10.2. The largest absolute Gasteiger partial charge is 0.355 e. The van der Waals surface area contributed by atoms with Crippen LogP contribution < -0.4 is 10.6 Å². The van der Waals surface area contributed by atoms with Crippen molar-refractivity contribution in [2.24, 2.45) is 5.73 Å². The SMILES string of the molecule is NCc1ccnnc1N1CCCCCC1. The molecule has 0 unspecified atom stereocenters. The Kier molecular flexibility index (Phi) is 3.50. The molecule has 0 radical (unpaired) electrons. The van der Waals surface area contributed by atoms with Gasteiger partial charge < -0.3 is 10.6 Å². The molecule has 1 saturated heterocycles. The first-order valence-electron chi connectivity index (χ1n) is 5.67. The molecule has 2 rings (SSSR count). The van der Waals surface area contributed by atoms with Crippen LogP contribution in [0.15, 0.2) is 12.3 Å². The first-order valence-corrected chi connectivity index (χ1v) is 5.67. The molecule has 1 aliphatic heterocycles. The second kappa shape index (κ2) is 5.07. The average molecular weight is 206 g/mol. The molecule has 1 aromatic rings. The Labute approximate surface area is 90.5 Å². The van der Waals surface area contributed by atoms with Gasteiger partial charge in [-0.2, -0.15) is 5.10 Å². The minimum Gasteiger partial charge on any atom is -0.355 e. The number of rotatable bonds is 2. The number of nitrogens with two attached hydrogens (primary N) is 1. The van der Waals surface area contributed by atoms with Crippen LogP contribution >= 0.6 is 0 Å². The molecule has 2 heterocycles. The van der Waals surface area contributed by atoms with Gasteiger partial charge in [0.15, 0.2) is 5.82 Å². The normalized spacial score (nSPS) is 17.5. The van der Waals surface area contributed by atoms with Crippen molar-refractivity contribution in [3.8, 4) is 0 Å². The number of anilines is 1. The highest BCUT2D eigenvalue weighted by atomic mass is 15.3. The summed E-state index contributed by atoms with van der Waals surface area (Å²) in [4.78, 5) is 2.32. The maximum Gasteiger partial charge on any atom is 0.155 e. The summed E-state index contributed by atoms with van der Waals surface area (Å²) in [7, 11) is 0. The van der Waals surface area contributed by atoms with Crippen molar-refractivity contribution >= 4 is 5.82 Å². The number of aromatic nitrogens is 2. The van der Waals surface area contributed by atoms with Crippen molar-refractivity contribution in [1.29, 1.82) is 0 Å². The van der Waals surface area contributed by atoms with Crippen LogP contribution in [-0.4, -0.2) is 23.3 Å². The molecular weight excluding hydrogens is 188 g/mol. The molecule has 0 aromatic carbocycles. The zero-order valence-electron chi connectivity index (χ0n) is 9.02. The fraction of sp³-hybridized carbons (Fsp3) is 0.636. The standard InChI is InChI=1S/C11H18N4/c12-9-10-5-6-13-14-11(10)15-7-3-1-2-4-8-15/h5-6H,1-4,7-9,12H2. The summed E-state index contributed by atoms with van der Waals surface area (Å²) in [6.07, 6.45) is 6.87. The van der Waals surface area contributed by atoms with Crippen molar-refractivity contribution in [2.45, 2.75) is 32.2 Å². The molecule has 0 spiro atoms. The van der Waals surface area contributed by atoms with Crippen LogP contribution in [0.4, 0.5) is 5.82 Å². The van der Waals surface area contributed by atoms with Crippen LogP contribution in [0.2, 0.25) is 0 Å². The van der Waals surface area contributed by atoms with Gasteiger partial charge in [0, 0.05) is 25.2 Å². The molecule has 1 aliphatic rings. The Bertz CT molecular complexity index is 305. The maximum absolute atomic E-state index is 5.70. The predicted molar refractivity (Wildman–Crippen MR) is 60.6 cm³/mol. The third kappa shape index (κ3) is 2.45. The predicted octanol–water partition coefficient (Wildman–Crippen LogP) is 1.32. The topological polar surface area (TPSA) is 55.0 Å². The molecule has 2 N–H and O–H groups in total. The Morgan fingerprint density at radius 1 is 1.20 bits per heavy atom. The van der Waals surface area contributed by atoms with Gasteiger partial charge in [-0.05, 0) is 18.9 Å². The second-order valence-electron chi connectivity index (χ2n) is 3.99. The average Bonchev–Trinajstić information content (AvgIpc) is 2.57. The second-order valence-corrected chi connectivity index (χ2v) is 3.99. The zero-order valence-corrected chi connectivity index (χ0v) is 9.02. The minimum absolute atomic E-state index is 0.543.